The van der Waals surface area contributed by atoms with Gasteiger partial charge in [-0.3, -0.25) is 9.20 Å². The number of aromatic nitrogens is 4. The number of carbonyl (C=O) groups is 2. The Bertz CT molecular complexity index is 988. The van der Waals surface area contributed by atoms with Crippen molar-refractivity contribution < 1.29 is 14.7 Å². The maximum absolute atomic E-state index is 12.7. The molecule has 2 N–H and O–H groups in total. The molecule has 0 aliphatic carbocycles. The summed E-state index contributed by atoms with van der Waals surface area (Å²) in [6.07, 6.45) is 4.53. The SMILES string of the molecule is CSCCC(NC(=O)c1ccc(C(=O)O)c(C)n1)c1nnc2ccccn12. The molecule has 9 heteroatoms. The van der Waals surface area contributed by atoms with Gasteiger partial charge < -0.3 is 10.4 Å². The Labute approximate surface area is 160 Å². The number of carboxylic acid groups (broad SMARTS) is 1. The number of fused-ring (bicyclic) bond motifs is 1. The fourth-order valence-electron chi connectivity index (χ4n) is 2.74. The van der Waals surface area contributed by atoms with Crippen molar-refractivity contribution >= 4 is 29.3 Å². The standard InChI is InChI=1S/C18H19N5O3S/c1-11-12(18(25)26)6-7-14(19-11)17(24)20-13(8-10-27-2)16-22-21-15-5-3-4-9-23(15)16/h3-7,9,13H,8,10H2,1-2H3,(H,20,24)(H,25,26). The molecule has 1 unspecified atom stereocenters. The summed E-state index contributed by atoms with van der Waals surface area (Å²) in [4.78, 5) is 27.9. The van der Waals surface area contributed by atoms with E-state index in [4.69, 9.17) is 5.11 Å². The molecule has 0 fully saturated rings. The molecule has 3 aromatic heterocycles. The van der Waals surface area contributed by atoms with Crippen LogP contribution in [-0.2, 0) is 0 Å². The number of carbonyl (C=O) groups excluding carboxylic acids is 1. The molecule has 140 valence electrons. The fraction of sp³-hybridized carbons (Fsp3) is 0.278. The number of pyridine rings is 2. The van der Waals surface area contributed by atoms with Crippen LogP contribution < -0.4 is 5.32 Å². The van der Waals surface area contributed by atoms with Gasteiger partial charge in [0.1, 0.15) is 5.69 Å². The van der Waals surface area contributed by atoms with E-state index >= 15 is 0 Å². The van der Waals surface area contributed by atoms with Crippen LogP contribution in [0.4, 0.5) is 0 Å². The summed E-state index contributed by atoms with van der Waals surface area (Å²) < 4.78 is 1.84. The largest absolute Gasteiger partial charge is 0.478 e. The highest BCUT2D eigenvalue weighted by Gasteiger charge is 2.22. The molecule has 0 saturated heterocycles. The van der Waals surface area contributed by atoms with Crippen molar-refractivity contribution in [2.75, 3.05) is 12.0 Å². The number of amides is 1. The zero-order valence-electron chi connectivity index (χ0n) is 14.9. The van der Waals surface area contributed by atoms with Gasteiger partial charge in [0.15, 0.2) is 11.5 Å². The Kier molecular flexibility index (Phi) is 5.70. The summed E-state index contributed by atoms with van der Waals surface area (Å²) in [5, 5.41) is 20.4. The molecule has 27 heavy (non-hydrogen) atoms. The molecule has 0 aliphatic heterocycles. The van der Waals surface area contributed by atoms with E-state index < -0.39 is 5.97 Å². The third kappa shape index (κ3) is 4.08. The van der Waals surface area contributed by atoms with Crippen LogP contribution in [0.2, 0.25) is 0 Å². The quantitative estimate of drug-likeness (QED) is 0.642. The number of hydrogen-bond acceptors (Lipinski definition) is 6. The lowest BCUT2D eigenvalue weighted by Gasteiger charge is -2.17. The number of rotatable bonds is 7. The first kappa shape index (κ1) is 18.8. The second kappa shape index (κ2) is 8.17. The minimum Gasteiger partial charge on any atom is -0.478 e. The lowest BCUT2D eigenvalue weighted by atomic mass is 10.1. The number of hydrogen-bond donors (Lipinski definition) is 2. The molecule has 0 aliphatic rings. The van der Waals surface area contributed by atoms with E-state index in [2.05, 4.69) is 20.5 Å². The second-order valence-corrected chi connectivity index (χ2v) is 6.91. The monoisotopic (exact) mass is 385 g/mol. The number of thioether (sulfide) groups is 1. The highest BCUT2D eigenvalue weighted by molar-refractivity contribution is 7.98. The molecule has 3 rings (SSSR count). The molecule has 3 heterocycles. The van der Waals surface area contributed by atoms with E-state index in [1.807, 2.05) is 35.1 Å². The average molecular weight is 385 g/mol. The molecule has 3 aromatic rings. The van der Waals surface area contributed by atoms with Crippen LogP contribution in [0.1, 0.15) is 44.8 Å². The maximum Gasteiger partial charge on any atom is 0.337 e. The van der Waals surface area contributed by atoms with Crippen molar-refractivity contribution in [2.45, 2.75) is 19.4 Å². The Hall–Kier alpha value is -2.94. The first-order chi connectivity index (χ1) is 13.0. The number of aromatic carboxylic acids is 1. The van der Waals surface area contributed by atoms with Gasteiger partial charge in [-0.15, -0.1) is 10.2 Å². The van der Waals surface area contributed by atoms with Crippen LogP contribution in [-0.4, -0.2) is 48.6 Å². The Balaban J connectivity index is 1.87. The molecule has 0 saturated carbocycles. The molecular formula is C18H19N5O3S. The van der Waals surface area contributed by atoms with Crippen LogP contribution in [0.3, 0.4) is 0 Å². The van der Waals surface area contributed by atoms with Crippen LogP contribution >= 0.6 is 11.8 Å². The van der Waals surface area contributed by atoms with E-state index in [1.165, 1.54) is 12.1 Å². The minimum absolute atomic E-state index is 0.0777. The van der Waals surface area contributed by atoms with Crippen LogP contribution in [0, 0.1) is 6.92 Å². The summed E-state index contributed by atoms with van der Waals surface area (Å²) >= 11 is 1.67. The normalized spacial score (nSPS) is 12.1. The predicted molar refractivity (Wildman–Crippen MR) is 102 cm³/mol. The van der Waals surface area contributed by atoms with Crippen molar-refractivity contribution in [2.24, 2.45) is 0 Å². The van der Waals surface area contributed by atoms with Gasteiger partial charge in [-0.2, -0.15) is 11.8 Å². The third-order valence-corrected chi connectivity index (χ3v) is 4.76. The molecule has 0 bridgehead atoms. The van der Waals surface area contributed by atoms with Crippen molar-refractivity contribution in [3.8, 4) is 0 Å². The summed E-state index contributed by atoms with van der Waals surface area (Å²) in [5.41, 5.74) is 1.24. The van der Waals surface area contributed by atoms with Gasteiger partial charge in [0.05, 0.1) is 17.3 Å². The van der Waals surface area contributed by atoms with Gasteiger partial charge in [-0.25, -0.2) is 9.78 Å². The van der Waals surface area contributed by atoms with Gasteiger partial charge in [0.2, 0.25) is 0 Å². The van der Waals surface area contributed by atoms with Gasteiger partial charge in [0, 0.05) is 6.20 Å². The highest BCUT2D eigenvalue weighted by atomic mass is 32.2. The maximum atomic E-state index is 12.7. The molecular weight excluding hydrogens is 366 g/mol. The summed E-state index contributed by atoms with van der Waals surface area (Å²) in [6.45, 7) is 1.57. The van der Waals surface area contributed by atoms with Crippen molar-refractivity contribution in [1.29, 1.82) is 0 Å². The first-order valence-corrected chi connectivity index (χ1v) is 9.71. The molecule has 1 amide bonds. The van der Waals surface area contributed by atoms with Gasteiger partial charge >= 0.3 is 5.97 Å². The topological polar surface area (TPSA) is 109 Å². The summed E-state index contributed by atoms with van der Waals surface area (Å²) in [5.74, 6) is 0.0253. The average Bonchev–Trinajstić information content (AvgIpc) is 3.08. The first-order valence-electron chi connectivity index (χ1n) is 8.31. The second-order valence-electron chi connectivity index (χ2n) is 5.93. The predicted octanol–water partition coefficient (Wildman–Crippen LogP) is 2.36. The Morgan fingerprint density at radius 2 is 2.07 bits per heavy atom. The van der Waals surface area contributed by atoms with Gasteiger partial charge in [-0.1, -0.05) is 6.07 Å². The molecule has 8 nitrogen and oxygen atoms in total. The molecule has 0 spiro atoms. The summed E-state index contributed by atoms with van der Waals surface area (Å²) in [6, 6.07) is 8.06. The van der Waals surface area contributed by atoms with Crippen molar-refractivity contribution in [3.63, 3.8) is 0 Å². The minimum atomic E-state index is -1.07. The zero-order chi connectivity index (χ0) is 19.4. The van der Waals surface area contributed by atoms with Crippen LogP contribution in [0.5, 0.6) is 0 Å². The molecule has 0 radical (unpaired) electrons. The zero-order valence-corrected chi connectivity index (χ0v) is 15.7. The van der Waals surface area contributed by atoms with Crippen molar-refractivity contribution in [1.82, 2.24) is 24.9 Å². The van der Waals surface area contributed by atoms with E-state index in [0.717, 1.165) is 5.75 Å². The lowest BCUT2D eigenvalue weighted by molar-refractivity contribution is 0.0694. The van der Waals surface area contributed by atoms with E-state index in [-0.39, 0.29) is 23.2 Å². The molecule has 0 aromatic carbocycles. The number of carboxylic acids is 1. The highest BCUT2D eigenvalue weighted by Crippen LogP contribution is 2.19. The van der Waals surface area contributed by atoms with E-state index in [1.54, 1.807) is 18.7 Å². The number of nitrogens with zero attached hydrogens (tertiary/aromatic N) is 4. The van der Waals surface area contributed by atoms with Crippen molar-refractivity contribution in [3.05, 3.63) is 59.3 Å². The van der Waals surface area contributed by atoms with Crippen LogP contribution in [0.15, 0.2) is 36.5 Å². The lowest BCUT2D eigenvalue weighted by Crippen LogP contribution is -2.31. The van der Waals surface area contributed by atoms with Crippen LogP contribution in [0.25, 0.3) is 5.65 Å². The van der Waals surface area contributed by atoms with E-state index in [0.29, 0.717) is 23.6 Å². The van der Waals surface area contributed by atoms with Gasteiger partial charge in [0.25, 0.3) is 5.91 Å². The smallest absolute Gasteiger partial charge is 0.337 e. The summed E-state index contributed by atoms with van der Waals surface area (Å²) in [7, 11) is 0. The number of aryl methyl sites for hydroxylation is 1. The van der Waals surface area contributed by atoms with Gasteiger partial charge in [-0.05, 0) is 49.6 Å². The van der Waals surface area contributed by atoms with E-state index in [9.17, 15) is 9.59 Å². The third-order valence-electron chi connectivity index (χ3n) is 4.12. The Morgan fingerprint density at radius 3 is 2.78 bits per heavy atom. The molecule has 1 atom stereocenters. The Morgan fingerprint density at radius 1 is 1.26 bits per heavy atom. The number of nitrogens with one attached hydrogen (secondary N) is 1. The fourth-order valence-corrected chi connectivity index (χ4v) is 3.22.